The third-order valence-corrected chi connectivity index (χ3v) is 6.15. The Morgan fingerprint density at radius 3 is 2.52 bits per heavy atom. The molecule has 1 atom stereocenters. The maximum Gasteiger partial charge on any atom is 0.243 e. The molecule has 0 N–H and O–H groups in total. The second-order valence-electron chi connectivity index (χ2n) is 5.38. The van der Waals surface area contributed by atoms with Crippen LogP contribution in [0.3, 0.4) is 0 Å². The number of pyridine rings is 1. The van der Waals surface area contributed by atoms with E-state index in [1.165, 1.54) is 4.31 Å². The number of aromatic nitrogens is 1. The van der Waals surface area contributed by atoms with Gasteiger partial charge in [-0.15, -0.1) is 0 Å². The summed E-state index contributed by atoms with van der Waals surface area (Å²) in [4.78, 5) is 4.26. The van der Waals surface area contributed by atoms with Crippen LogP contribution >= 0.6 is 15.9 Å². The zero-order valence-electron chi connectivity index (χ0n) is 12.4. The van der Waals surface area contributed by atoms with Gasteiger partial charge in [0.1, 0.15) is 11.9 Å². The molecule has 122 valence electrons. The number of halogens is 1. The van der Waals surface area contributed by atoms with Gasteiger partial charge in [0.15, 0.2) is 0 Å². The molecule has 0 aliphatic carbocycles. The molecule has 1 saturated heterocycles. The van der Waals surface area contributed by atoms with Crippen LogP contribution in [0.25, 0.3) is 0 Å². The predicted octanol–water partition coefficient (Wildman–Crippen LogP) is 3.08. The zero-order chi connectivity index (χ0) is 16.3. The third-order valence-electron chi connectivity index (χ3n) is 3.74. The molecule has 0 spiro atoms. The van der Waals surface area contributed by atoms with Gasteiger partial charge in [0.2, 0.25) is 10.0 Å². The van der Waals surface area contributed by atoms with Crippen molar-refractivity contribution < 1.29 is 13.2 Å². The van der Waals surface area contributed by atoms with E-state index in [-0.39, 0.29) is 6.10 Å². The summed E-state index contributed by atoms with van der Waals surface area (Å²) in [7, 11) is -3.48. The van der Waals surface area contributed by atoms with Gasteiger partial charge in [-0.1, -0.05) is 15.9 Å². The summed E-state index contributed by atoms with van der Waals surface area (Å²) in [5.41, 5.74) is 0. The highest BCUT2D eigenvalue weighted by atomic mass is 79.9. The number of hydrogen-bond donors (Lipinski definition) is 0. The number of benzene rings is 1. The van der Waals surface area contributed by atoms with Gasteiger partial charge in [-0.2, -0.15) is 4.31 Å². The Hall–Kier alpha value is -1.44. The van der Waals surface area contributed by atoms with E-state index in [9.17, 15) is 8.42 Å². The zero-order valence-corrected chi connectivity index (χ0v) is 14.8. The van der Waals surface area contributed by atoms with Gasteiger partial charge in [-0.3, -0.25) is 4.98 Å². The molecule has 5 nitrogen and oxygen atoms in total. The standard InChI is InChI=1S/C16H17BrN2O3S/c17-13-3-5-16(6-4-13)23(20,21)19-11-1-2-15(12-19)22-14-7-9-18-10-8-14/h3-10,15H,1-2,11-12H2/t15-/m0/s1. The molecule has 2 aromatic rings. The van der Waals surface area contributed by atoms with E-state index >= 15 is 0 Å². The summed E-state index contributed by atoms with van der Waals surface area (Å²) in [6.45, 7) is 0.884. The fourth-order valence-corrected chi connectivity index (χ4v) is 4.36. The topological polar surface area (TPSA) is 59.5 Å². The Bertz CT molecular complexity index is 751. The van der Waals surface area contributed by atoms with Gasteiger partial charge in [0.05, 0.1) is 11.4 Å². The smallest absolute Gasteiger partial charge is 0.243 e. The molecular formula is C16H17BrN2O3S. The molecule has 1 aromatic carbocycles. The molecule has 0 bridgehead atoms. The third kappa shape index (κ3) is 3.91. The lowest BCUT2D eigenvalue weighted by molar-refractivity contribution is 0.129. The van der Waals surface area contributed by atoms with Crippen LogP contribution in [0.1, 0.15) is 12.8 Å². The van der Waals surface area contributed by atoms with E-state index < -0.39 is 10.0 Å². The molecule has 0 amide bonds. The first-order valence-corrected chi connectivity index (χ1v) is 9.61. The molecule has 1 aliphatic heterocycles. The average Bonchev–Trinajstić information content (AvgIpc) is 2.56. The van der Waals surface area contributed by atoms with Crippen molar-refractivity contribution in [1.29, 1.82) is 0 Å². The Balaban J connectivity index is 1.74. The van der Waals surface area contributed by atoms with Gasteiger partial charge >= 0.3 is 0 Å². The minimum atomic E-state index is -3.48. The molecule has 1 aliphatic rings. The molecule has 7 heteroatoms. The van der Waals surface area contributed by atoms with Crippen LogP contribution in [-0.4, -0.2) is 36.9 Å². The highest BCUT2D eigenvalue weighted by molar-refractivity contribution is 9.10. The van der Waals surface area contributed by atoms with E-state index in [0.29, 0.717) is 23.7 Å². The van der Waals surface area contributed by atoms with Gasteiger partial charge in [-0.25, -0.2) is 8.42 Å². The Morgan fingerprint density at radius 1 is 1.13 bits per heavy atom. The average molecular weight is 397 g/mol. The highest BCUT2D eigenvalue weighted by Crippen LogP contribution is 2.24. The van der Waals surface area contributed by atoms with Crippen molar-refractivity contribution >= 4 is 26.0 Å². The maximum atomic E-state index is 12.7. The highest BCUT2D eigenvalue weighted by Gasteiger charge is 2.31. The molecule has 1 aromatic heterocycles. The monoisotopic (exact) mass is 396 g/mol. The number of rotatable bonds is 4. The Morgan fingerprint density at radius 2 is 1.83 bits per heavy atom. The predicted molar refractivity (Wildman–Crippen MR) is 90.8 cm³/mol. The first-order chi connectivity index (χ1) is 11.1. The Labute approximate surface area is 144 Å². The van der Waals surface area contributed by atoms with Crippen molar-refractivity contribution in [2.24, 2.45) is 0 Å². The van der Waals surface area contributed by atoms with E-state index in [2.05, 4.69) is 20.9 Å². The van der Waals surface area contributed by atoms with Crippen LogP contribution < -0.4 is 4.74 Å². The molecule has 0 saturated carbocycles. The van der Waals surface area contributed by atoms with Crippen molar-refractivity contribution in [1.82, 2.24) is 9.29 Å². The second kappa shape index (κ2) is 6.98. The lowest BCUT2D eigenvalue weighted by atomic mass is 10.1. The quantitative estimate of drug-likeness (QED) is 0.796. The summed E-state index contributed by atoms with van der Waals surface area (Å²) < 4.78 is 33.7. The minimum Gasteiger partial charge on any atom is -0.489 e. The minimum absolute atomic E-state index is 0.142. The molecular weight excluding hydrogens is 380 g/mol. The summed E-state index contributed by atoms with van der Waals surface area (Å²) in [5.74, 6) is 0.716. The van der Waals surface area contributed by atoms with Crippen molar-refractivity contribution in [3.05, 3.63) is 53.3 Å². The molecule has 2 heterocycles. The van der Waals surface area contributed by atoms with Gasteiger partial charge < -0.3 is 4.74 Å². The fraction of sp³-hybridized carbons (Fsp3) is 0.312. The van der Waals surface area contributed by atoms with Crippen LogP contribution in [0, 0.1) is 0 Å². The van der Waals surface area contributed by atoms with Crippen molar-refractivity contribution in [2.45, 2.75) is 23.8 Å². The van der Waals surface area contributed by atoms with E-state index in [4.69, 9.17) is 4.74 Å². The molecule has 1 fully saturated rings. The number of hydrogen-bond acceptors (Lipinski definition) is 4. The summed E-state index contributed by atoms with van der Waals surface area (Å²) in [5, 5.41) is 0. The van der Waals surface area contributed by atoms with Gasteiger partial charge in [-0.05, 0) is 49.2 Å². The summed E-state index contributed by atoms with van der Waals surface area (Å²) in [6.07, 6.45) is 4.81. The molecule has 23 heavy (non-hydrogen) atoms. The van der Waals surface area contributed by atoms with E-state index in [0.717, 1.165) is 17.3 Å². The first-order valence-electron chi connectivity index (χ1n) is 7.38. The number of ether oxygens (including phenoxy) is 1. The molecule has 0 unspecified atom stereocenters. The SMILES string of the molecule is O=S(=O)(c1ccc(Br)cc1)N1CCC[C@H](Oc2ccncc2)C1. The van der Waals surface area contributed by atoms with Gasteiger partial charge in [0, 0.05) is 23.4 Å². The van der Waals surface area contributed by atoms with Crippen LogP contribution in [0.5, 0.6) is 5.75 Å². The first kappa shape index (κ1) is 16.4. The van der Waals surface area contributed by atoms with Gasteiger partial charge in [0.25, 0.3) is 0 Å². The van der Waals surface area contributed by atoms with Crippen LogP contribution in [0.15, 0.2) is 58.2 Å². The van der Waals surface area contributed by atoms with Crippen LogP contribution in [-0.2, 0) is 10.0 Å². The van der Waals surface area contributed by atoms with Crippen LogP contribution in [0.4, 0.5) is 0 Å². The Kier molecular flexibility index (Phi) is 4.99. The summed E-state index contributed by atoms with van der Waals surface area (Å²) >= 11 is 3.32. The summed E-state index contributed by atoms with van der Waals surface area (Å²) in [6, 6.07) is 10.3. The fourth-order valence-electron chi connectivity index (χ4n) is 2.58. The van der Waals surface area contributed by atoms with Crippen molar-refractivity contribution in [2.75, 3.05) is 13.1 Å². The second-order valence-corrected chi connectivity index (χ2v) is 8.24. The lowest BCUT2D eigenvalue weighted by Crippen LogP contribution is -2.44. The number of nitrogens with zero attached hydrogens (tertiary/aromatic N) is 2. The van der Waals surface area contributed by atoms with E-state index in [1.54, 1.807) is 48.8 Å². The number of piperidine rings is 1. The molecule has 3 rings (SSSR count). The van der Waals surface area contributed by atoms with Crippen molar-refractivity contribution in [3.8, 4) is 5.75 Å². The molecule has 0 radical (unpaired) electrons. The normalized spacial score (nSPS) is 19.4. The maximum absolute atomic E-state index is 12.7. The number of sulfonamides is 1. The van der Waals surface area contributed by atoms with Crippen molar-refractivity contribution in [3.63, 3.8) is 0 Å². The van der Waals surface area contributed by atoms with E-state index in [1.807, 2.05) is 0 Å². The largest absolute Gasteiger partial charge is 0.489 e. The lowest BCUT2D eigenvalue weighted by Gasteiger charge is -2.32. The van der Waals surface area contributed by atoms with Crippen LogP contribution in [0.2, 0.25) is 0 Å².